The number of likely N-dealkylation sites (tertiary alicyclic amines) is 1. The van der Waals surface area contributed by atoms with Crippen LogP contribution >= 0.6 is 0 Å². The number of amides is 2. The van der Waals surface area contributed by atoms with Gasteiger partial charge in [-0.05, 0) is 70.0 Å². The average molecular weight is 457 g/mol. The van der Waals surface area contributed by atoms with Crippen LogP contribution in [0.15, 0.2) is 42.6 Å². The molecule has 0 spiro atoms. The lowest BCUT2D eigenvalue weighted by molar-refractivity contribution is 0.0186. The number of carbonyl (C=O) groups is 2. The molecule has 1 aromatic carbocycles. The highest BCUT2D eigenvalue weighted by Gasteiger charge is 2.30. The van der Waals surface area contributed by atoms with Crippen LogP contribution in [0.2, 0.25) is 0 Å². The van der Waals surface area contributed by atoms with Gasteiger partial charge >= 0.3 is 6.09 Å². The standard InChI is InChI=1S/C25H33FN4O3/c1-25(2,3)33-24(32)29-13-10-21(11-14-29)30-12-4-5-22(30)23(31)28-17-15-27(16-18-28)20-8-6-19(26)7-9-20/h4-9,12,21H,10-11,13-18H2,1-3H3. The van der Waals surface area contributed by atoms with E-state index in [0.29, 0.717) is 45.0 Å². The molecule has 4 rings (SSSR count). The van der Waals surface area contributed by atoms with Crippen molar-refractivity contribution in [3.8, 4) is 0 Å². The zero-order chi connectivity index (χ0) is 23.6. The second-order valence-corrected chi connectivity index (χ2v) is 9.75. The summed E-state index contributed by atoms with van der Waals surface area (Å²) in [5.41, 5.74) is 1.17. The Morgan fingerprint density at radius 3 is 2.15 bits per heavy atom. The first-order chi connectivity index (χ1) is 15.7. The quantitative estimate of drug-likeness (QED) is 0.696. The molecular weight excluding hydrogens is 423 g/mol. The van der Waals surface area contributed by atoms with Crippen LogP contribution in [0.4, 0.5) is 14.9 Å². The van der Waals surface area contributed by atoms with Crippen LogP contribution in [0.1, 0.15) is 50.1 Å². The number of hydrogen-bond donors (Lipinski definition) is 0. The molecule has 0 unspecified atom stereocenters. The number of hydrogen-bond acceptors (Lipinski definition) is 4. The smallest absolute Gasteiger partial charge is 0.410 e. The predicted octanol–water partition coefficient (Wildman–Crippen LogP) is 4.16. The Morgan fingerprint density at radius 1 is 0.909 bits per heavy atom. The molecule has 2 aliphatic heterocycles. The SMILES string of the molecule is CC(C)(C)OC(=O)N1CCC(n2cccc2C(=O)N2CCN(c3ccc(F)cc3)CC2)CC1. The van der Waals surface area contributed by atoms with Crippen molar-refractivity contribution in [3.63, 3.8) is 0 Å². The molecule has 2 amide bonds. The van der Waals surface area contributed by atoms with Crippen LogP contribution in [0.3, 0.4) is 0 Å². The number of carbonyl (C=O) groups excluding carboxylic acids is 2. The molecule has 0 N–H and O–H groups in total. The molecule has 2 aromatic rings. The lowest BCUT2D eigenvalue weighted by atomic mass is 10.0. The van der Waals surface area contributed by atoms with Crippen LogP contribution in [0, 0.1) is 5.82 Å². The zero-order valence-electron chi connectivity index (χ0n) is 19.7. The summed E-state index contributed by atoms with van der Waals surface area (Å²) in [6.07, 6.45) is 3.26. The van der Waals surface area contributed by atoms with Crippen LogP contribution in [0.25, 0.3) is 0 Å². The highest BCUT2D eigenvalue weighted by molar-refractivity contribution is 5.93. The van der Waals surface area contributed by atoms with E-state index in [-0.39, 0.29) is 23.9 Å². The van der Waals surface area contributed by atoms with Crippen LogP contribution in [-0.4, -0.2) is 71.2 Å². The Balaban J connectivity index is 1.34. The van der Waals surface area contributed by atoms with Gasteiger partial charge < -0.3 is 24.0 Å². The Labute approximate surface area is 194 Å². The van der Waals surface area contributed by atoms with E-state index in [1.54, 1.807) is 17.0 Å². The third-order valence-corrected chi connectivity index (χ3v) is 6.27. The number of aromatic nitrogens is 1. The fourth-order valence-corrected chi connectivity index (χ4v) is 4.53. The van der Waals surface area contributed by atoms with E-state index in [1.807, 2.05) is 44.0 Å². The molecule has 178 valence electrons. The Morgan fingerprint density at radius 2 is 1.55 bits per heavy atom. The molecule has 1 aromatic heterocycles. The summed E-state index contributed by atoms with van der Waals surface area (Å²) in [6.45, 7) is 9.51. The fourth-order valence-electron chi connectivity index (χ4n) is 4.53. The van der Waals surface area contributed by atoms with E-state index in [2.05, 4.69) is 9.47 Å². The second kappa shape index (κ2) is 9.45. The third kappa shape index (κ3) is 5.49. The topological polar surface area (TPSA) is 58.0 Å². The molecule has 8 heteroatoms. The van der Waals surface area contributed by atoms with E-state index in [1.165, 1.54) is 12.1 Å². The van der Waals surface area contributed by atoms with Crippen LogP contribution < -0.4 is 4.90 Å². The number of anilines is 1. The highest BCUT2D eigenvalue weighted by atomic mass is 19.1. The molecule has 0 saturated carbocycles. The lowest BCUT2D eigenvalue weighted by Gasteiger charge is -2.37. The van der Waals surface area contributed by atoms with Gasteiger partial charge in [0.15, 0.2) is 0 Å². The summed E-state index contributed by atoms with van der Waals surface area (Å²) in [7, 11) is 0. The number of ether oxygens (including phenoxy) is 1. The van der Waals surface area contributed by atoms with Gasteiger partial charge in [-0.3, -0.25) is 4.79 Å². The van der Waals surface area contributed by atoms with E-state index < -0.39 is 5.60 Å². The molecule has 2 aliphatic rings. The van der Waals surface area contributed by atoms with Crippen molar-refractivity contribution in [1.82, 2.24) is 14.4 Å². The third-order valence-electron chi connectivity index (χ3n) is 6.27. The van der Waals surface area contributed by atoms with Crippen molar-refractivity contribution in [3.05, 3.63) is 54.1 Å². The van der Waals surface area contributed by atoms with E-state index in [4.69, 9.17) is 4.74 Å². The fraction of sp³-hybridized carbons (Fsp3) is 0.520. The molecule has 33 heavy (non-hydrogen) atoms. The van der Waals surface area contributed by atoms with E-state index in [9.17, 15) is 14.0 Å². The van der Waals surface area contributed by atoms with Gasteiger partial charge in [0.25, 0.3) is 5.91 Å². The normalized spacial score (nSPS) is 17.9. The first-order valence-electron chi connectivity index (χ1n) is 11.7. The summed E-state index contributed by atoms with van der Waals surface area (Å²) >= 11 is 0. The van der Waals surface area contributed by atoms with Crippen molar-refractivity contribution in [2.45, 2.75) is 45.3 Å². The predicted molar refractivity (Wildman–Crippen MR) is 125 cm³/mol. The minimum atomic E-state index is -0.505. The molecule has 3 heterocycles. The number of rotatable bonds is 3. The summed E-state index contributed by atoms with van der Waals surface area (Å²) in [5.74, 6) is -0.210. The van der Waals surface area contributed by atoms with Gasteiger partial charge in [0.05, 0.1) is 0 Å². The Hall–Kier alpha value is -3.03. The zero-order valence-corrected chi connectivity index (χ0v) is 19.7. The summed E-state index contributed by atoms with van der Waals surface area (Å²) in [6, 6.07) is 10.5. The summed E-state index contributed by atoms with van der Waals surface area (Å²) < 4.78 is 20.8. The molecule has 0 radical (unpaired) electrons. The molecule has 2 saturated heterocycles. The van der Waals surface area contributed by atoms with Gasteiger partial charge in [-0.15, -0.1) is 0 Å². The molecule has 0 bridgehead atoms. The highest BCUT2D eigenvalue weighted by Crippen LogP contribution is 2.27. The van der Waals surface area contributed by atoms with Gasteiger partial charge in [0.2, 0.25) is 0 Å². The number of piperidine rings is 1. The van der Waals surface area contributed by atoms with Crippen molar-refractivity contribution in [1.29, 1.82) is 0 Å². The van der Waals surface area contributed by atoms with Crippen LogP contribution in [0.5, 0.6) is 0 Å². The molecule has 0 atom stereocenters. The minimum Gasteiger partial charge on any atom is -0.444 e. The second-order valence-electron chi connectivity index (χ2n) is 9.75. The molecule has 0 aliphatic carbocycles. The van der Waals surface area contributed by atoms with Gasteiger partial charge in [0.1, 0.15) is 17.1 Å². The number of piperazine rings is 1. The number of halogens is 1. The monoisotopic (exact) mass is 456 g/mol. The lowest BCUT2D eigenvalue weighted by Crippen LogP contribution is -2.49. The largest absolute Gasteiger partial charge is 0.444 e. The van der Waals surface area contributed by atoms with E-state index >= 15 is 0 Å². The van der Waals surface area contributed by atoms with Gasteiger partial charge in [0, 0.05) is 57.2 Å². The van der Waals surface area contributed by atoms with Crippen LogP contribution in [-0.2, 0) is 4.74 Å². The van der Waals surface area contributed by atoms with E-state index in [0.717, 1.165) is 18.5 Å². The minimum absolute atomic E-state index is 0.0355. The first-order valence-corrected chi connectivity index (χ1v) is 11.7. The maximum absolute atomic E-state index is 13.3. The van der Waals surface area contributed by atoms with Gasteiger partial charge in [-0.1, -0.05) is 0 Å². The Bertz CT molecular complexity index is 966. The van der Waals surface area contributed by atoms with Crippen molar-refractivity contribution < 1.29 is 18.7 Å². The average Bonchev–Trinajstić information content (AvgIpc) is 3.28. The number of benzene rings is 1. The molecular formula is C25H33FN4O3. The van der Waals surface area contributed by atoms with Crippen molar-refractivity contribution in [2.24, 2.45) is 0 Å². The molecule has 7 nitrogen and oxygen atoms in total. The number of nitrogens with zero attached hydrogens (tertiary/aromatic N) is 4. The van der Waals surface area contributed by atoms with Gasteiger partial charge in [-0.25, -0.2) is 9.18 Å². The summed E-state index contributed by atoms with van der Waals surface area (Å²) in [4.78, 5) is 31.5. The van der Waals surface area contributed by atoms with Crippen molar-refractivity contribution in [2.75, 3.05) is 44.2 Å². The maximum atomic E-state index is 13.3. The summed E-state index contributed by atoms with van der Waals surface area (Å²) in [5, 5.41) is 0. The first kappa shape index (κ1) is 23.1. The van der Waals surface area contributed by atoms with Gasteiger partial charge in [-0.2, -0.15) is 0 Å². The Kier molecular flexibility index (Phi) is 6.63. The maximum Gasteiger partial charge on any atom is 0.410 e. The molecule has 2 fully saturated rings. The van der Waals surface area contributed by atoms with Crippen molar-refractivity contribution >= 4 is 17.7 Å².